The smallest absolute Gasteiger partial charge is 0.264 e. The lowest BCUT2D eigenvalue weighted by atomic mass is 10.1. The monoisotopic (exact) mass is 631 g/mol. The van der Waals surface area contributed by atoms with Gasteiger partial charge in [0.25, 0.3) is 10.0 Å². The molecule has 0 heterocycles. The minimum Gasteiger partial charge on any atom is -0.497 e. The van der Waals surface area contributed by atoms with Crippen molar-refractivity contribution < 1.29 is 32.2 Å². The molecule has 0 saturated heterocycles. The molecule has 12 heteroatoms. The van der Waals surface area contributed by atoms with Gasteiger partial charge < -0.3 is 24.4 Å². The molecule has 3 rings (SSSR count). The molecule has 232 valence electrons. The van der Waals surface area contributed by atoms with Crippen molar-refractivity contribution in [2.45, 2.75) is 50.7 Å². The van der Waals surface area contributed by atoms with E-state index < -0.39 is 28.5 Å². The molecule has 0 bridgehead atoms. The maximum Gasteiger partial charge on any atom is 0.264 e. The lowest BCUT2D eigenvalue weighted by molar-refractivity contribution is -0.140. The summed E-state index contributed by atoms with van der Waals surface area (Å²) in [5.41, 5.74) is 0.961. The van der Waals surface area contributed by atoms with Gasteiger partial charge in [-0.15, -0.1) is 0 Å². The Morgan fingerprint density at radius 1 is 0.884 bits per heavy atom. The Morgan fingerprint density at radius 2 is 1.51 bits per heavy atom. The van der Waals surface area contributed by atoms with Gasteiger partial charge in [-0.3, -0.25) is 13.9 Å². The molecule has 1 N–H and O–H groups in total. The van der Waals surface area contributed by atoms with Gasteiger partial charge >= 0.3 is 0 Å². The van der Waals surface area contributed by atoms with Crippen molar-refractivity contribution in [2.75, 3.05) is 32.2 Å². The number of methoxy groups -OCH3 is 3. The Labute approximate surface area is 258 Å². The molecule has 0 aliphatic carbocycles. The van der Waals surface area contributed by atoms with E-state index in [-0.39, 0.29) is 34.8 Å². The molecule has 0 aromatic heterocycles. The SMILES string of the molecule is CC[C@@H](C(=O)NC(C)C)N(Cc1ccc(OC)cc1)C(=O)CN(c1ccc(Cl)cc1)S(=O)(=O)c1ccc(OC)c(OC)c1. The summed E-state index contributed by atoms with van der Waals surface area (Å²) in [7, 11) is 0.0852. The number of carbonyl (C=O) groups is 2. The number of amides is 2. The van der Waals surface area contributed by atoms with Gasteiger partial charge in [-0.25, -0.2) is 8.42 Å². The van der Waals surface area contributed by atoms with Gasteiger partial charge in [0.05, 0.1) is 31.9 Å². The average molecular weight is 632 g/mol. The zero-order valence-corrected chi connectivity index (χ0v) is 26.7. The standard InChI is InChI=1S/C31H38ClN3O7S/c1-7-27(31(37)33-21(2)3)34(19-22-8-14-25(40-4)15-9-22)30(36)20-35(24-12-10-23(32)11-13-24)43(38,39)26-16-17-28(41-5)29(18-26)42-6/h8-18,21,27H,7,19-20H2,1-6H3,(H,33,37)/t27-/m0/s1. The second-order valence-electron chi connectivity index (χ2n) is 9.96. The molecule has 0 fully saturated rings. The Hall–Kier alpha value is -3.96. The van der Waals surface area contributed by atoms with Crippen LogP contribution in [-0.4, -0.2) is 65.1 Å². The highest BCUT2D eigenvalue weighted by Gasteiger charge is 2.34. The highest BCUT2D eigenvalue weighted by molar-refractivity contribution is 7.92. The van der Waals surface area contributed by atoms with Crippen LogP contribution in [0.5, 0.6) is 17.2 Å². The normalized spacial score (nSPS) is 11.9. The minimum atomic E-state index is -4.32. The summed E-state index contributed by atoms with van der Waals surface area (Å²) < 4.78 is 45.1. The summed E-state index contributed by atoms with van der Waals surface area (Å²) in [6, 6.07) is 16.4. The van der Waals surface area contributed by atoms with E-state index in [0.717, 1.165) is 9.87 Å². The summed E-state index contributed by atoms with van der Waals surface area (Å²) >= 11 is 6.10. The van der Waals surface area contributed by atoms with Gasteiger partial charge in [0, 0.05) is 23.7 Å². The van der Waals surface area contributed by atoms with E-state index in [9.17, 15) is 18.0 Å². The van der Waals surface area contributed by atoms with Crippen molar-refractivity contribution in [3.8, 4) is 17.2 Å². The van der Waals surface area contributed by atoms with Crippen LogP contribution in [0.2, 0.25) is 5.02 Å². The fourth-order valence-corrected chi connectivity index (χ4v) is 6.02. The van der Waals surface area contributed by atoms with E-state index in [1.807, 2.05) is 13.8 Å². The zero-order valence-electron chi connectivity index (χ0n) is 25.2. The maximum absolute atomic E-state index is 14.2. The molecule has 0 radical (unpaired) electrons. The summed E-state index contributed by atoms with van der Waals surface area (Å²) in [6.45, 7) is 4.95. The molecule has 0 unspecified atom stereocenters. The lowest BCUT2D eigenvalue weighted by Gasteiger charge is -2.33. The average Bonchev–Trinajstić information content (AvgIpc) is 2.99. The summed E-state index contributed by atoms with van der Waals surface area (Å²) in [5, 5.41) is 3.28. The van der Waals surface area contributed by atoms with Crippen LogP contribution in [0.25, 0.3) is 0 Å². The van der Waals surface area contributed by atoms with E-state index in [0.29, 0.717) is 22.9 Å². The van der Waals surface area contributed by atoms with Crippen LogP contribution in [0, 0.1) is 0 Å². The van der Waals surface area contributed by atoms with Gasteiger partial charge in [0.15, 0.2) is 11.5 Å². The number of ether oxygens (including phenoxy) is 3. The number of hydrogen-bond donors (Lipinski definition) is 1. The van der Waals surface area contributed by atoms with Crippen LogP contribution in [-0.2, 0) is 26.2 Å². The highest BCUT2D eigenvalue weighted by Crippen LogP contribution is 2.33. The van der Waals surface area contributed by atoms with Gasteiger partial charge in [0.2, 0.25) is 11.8 Å². The minimum absolute atomic E-state index is 0.0672. The second kappa shape index (κ2) is 15.0. The number of benzene rings is 3. The molecule has 0 saturated carbocycles. The number of hydrogen-bond acceptors (Lipinski definition) is 7. The number of rotatable bonds is 14. The van der Waals surface area contributed by atoms with Crippen LogP contribution in [0.4, 0.5) is 5.69 Å². The van der Waals surface area contributed by atoms with Crippen molar-refractivity contribution in [1.29, 1.82) is 0 Å². The predicted octanol–water partition coefficient (Wildman–Crippen LogP) is 4.89. The summed E-state index contributed by atoms with van der Waals surface area (Å²) in [5.74, 6) is 0.300. The first-order valence-electron chi connectivity index (χ1n) is 13.7. The molecule has 43 heavy (non-hydrogen) atoms. The molecule has 2 amide bonds. The van der Waals surface area contributed by atoms with E-state index in [4.69, 9.17) is 25.8 Å². The second-order valence-corrected chi connectivity index (χ2v) is 12.3. The Bertz CT molecular complexity index is 1500. The molecular formula is C31H38ClN3O7S. The van der Waals surface area contributed by atoms with E-state index in [1.165, 1.54) is 49.5 Å². The largest absolute Gasteiger partial charge is 0.497 e. The molecule has 0 aliphatic rings. The lowest BCUT2D eigenvalue weighted by Crippen LogP contribution is -2.53. The van der Waals surface area contributed by atoms with E-state index in [1.54, 1.807) is 50.4 Å². The number of carbonyl (C=O) groups excluding carboxylic acids is 2. The van der Waals surface area contributed by atoms with Gasteiger partial charge in [-0.1, -0.05) is 30.7 Å². The van der Waals surface area contributed by atoms with E-state index >= 15 is 0 Å². The third-order valence-corrected chi connectivity index (χ3v) is 8.69. The molecule has 3 aromatic rings. The highest BCUT2D eigenvalue weighted by atomic mass is 35.5. The van der Waals surface area contributed by atoms with Crippen LogP contribution in [0.3, 0.4) is 0 Å². The van der Waals surface area contributed by atoms with Gasteiger partial charge in [-0.2, -0.15) is 0 Å². The number of nitrogens with zero attached hydrogens (tertiary/aromatic N) is 2. The van der Waals surface area contributed by atoms with Crippen molar-refractivity contribution >= 4 is 39.1 Å². The van der Waals surface area contributed by atoms with Crippen LogP contribution in [0.1, 0.15) is 32.8 Å². The first kappa shape index (κ1) is 33.5. The van der Waals surface area contributed by atoms with Crippen molar-refractivity contribution in [3.05, 3.63) is 77.3 Å². The van der Waals surface area contributed by atoms with Crippen LogP contribution in [0.15, 0.2) is 71.6 Å². The number of nitrogens with one attached hydrogen (secondary N) is 1. The first-order chi connectivity index (χ1) is 20.4. The van der Waals surface area contributed by atoms with Crippen molar-refractivity contribution in [2.24, 2.45) is 0 Å². The number of sulfonamides is 1. The molecule has 3 aromatic carbocycles. The molecule has 1 atom stereocenters. The van der Waals surface area contributed by atoms with Crippen molar-refractivity contribution in [1.82, 2.24) is 10.2 Å². The first-order valence-corrected chi connectivity index (χ1v) is 15.5. The Kier molecular flexibility index (Phi) is 11.7. The topological polar surface area (TPSA) is 114 Å². The van der Waals surface area contributed by atoms with Crippen molar-refractivity contribution in [3.63, 3.8) is 0 Å². The number of anilines is 1. The van der Waals surface area contributed by atoms with Crippen LogP contribution < -0.4 is 23.8 Å². The van der Waals surface area contributed by atoms with E-state index in [2.05, 4.69) is 5.32 Å². The summed E-state index contributed by atoms with van der Waals surface area (Å²) in [4.78, 5) is 28.7. The third-order valence-electron chi connectivity index (χ3n) is 6.67. The van der Waals surface area contributed by atoms with Crippen LogP contribution >= 0.6 is 11.6 Å². The Balaban J connectivity index is 2.09. The predicted molar refractivity (Wildman–Crippen MR) is 166 cm³/mol. The summed E-state index contributed by atoms with van der Waals surface area (Å²) in [6.07, 6.45) is 0.309. The molecular weight excluding hydrogens is 594 g/mol. The zero-order chi connectivity index (χ0) is 31.7. The quantitative estimate of drug-likeness (QED) is 0.269. The third kappa shape index (κ3) is 8.32. The molecule has 10 nitrogen and oxygen atoms in total. The Morgan fingerprint density at radius 3 is 2.05 bits per heavy atom. The molecule has 0 aliphatic heterocycles. The maximum atomic E-state index is 14.2. The molecule has 0 spiro atoms. The fourth-order valence-electron chi connectivity index (χ4n) is 4.47. The van der Waals surface area contributed by atoms with Gasteiger partial charge in [-0.05, 0) is 74.4 Å². The number of halogens is 1. The van der Waals surface area contributed by atoms with Gasteiger partial charge in [0.1, 0.15) is 18.3 Å². The fraction of sp³-hybridized carbons (Fsp3) is 0.355.